The number of aryl methyl sites for hydroxylation is 1. The average molecular weight is 429 g/mol. The second-order valence-corrected chi connectivity index (χ2v) is 9.22. The number of carbonyl (C=O) groups is 2. The first kappa shape index (κ1) is 20.2. The number of benzene rings is 2. The number of amides is 2. The minimum absolute atomic E-state index is 0.0122. The van der Waals surface area contributed by atoms with E-state index < -0.39 is 10.0 Å². The van der Waals surface area contributed by atoms with Gasteiger partial charge in [0.25, 0.3) is 10.0 Å². The van der Waals surface area contributed by atoms with Gasteiger partial charge in [-0.15, -0.1) is 0 Å². The molecule has 30 heavy (non-hydrogen) atoms. The van der Waals surface area contributed by atoms with Crippen LogP contribution in [-0.4, -0.2) is 33.9 Å². The van der Waals surface area contributed by atoms with Crippen LogP contribution in [0.2, 0.25) is 0 Å². The number of rotatable bonds is 5. The van der Waals surface area contributed by atoms with Gasteiger partial charge in [0.15, 0.2) is 0 Å². The summed E-state index contributed by atoms with van der Waals surface area (Å²) in [5, 5.41) is 2.63. The minimum atomic E-state index is -3.95. The van der Waals surface area contributed by atoms with Gasteiger partial charge in [0.05, 0.1) is 29.3 Å². The Morgan fingerprint density at radius 1 is 1.23 bits per heavy atom. The van der Waals surface area contributed by atoms with Crippen LogP contribution < -0.4 is 19.7 Å². The number of anilines is 3. The van der Waals surface area contributed by atoms with Crippen molar-refractivity contribution in [1.29, 1.82) is 0 Å². The Bertz CT molecular complexity index is 1160. The van der Waals surface area contributed by atoms with E-state index in [2.05, 4.69) is 10.0 Å². The zero-order chi connectivity index (χ0) is 21.6. The lowest BCUT2D eigenvalue weighted by molar-refractivity contribution is -0.119. The molecule has 4 rings (SSSR count). The molecule has 2 N–H and O–H groups in total. The Morgan fingerprint density at radius 2 is 2.00 bits per heavy atom. The summed E-state index contributed by atoms with van der Waals surface area (Å²) in [4.78, 5) is 25.8. The number of carbonyl (C=O) groups excluding carboxylic acids is 2. The molecule has 9 heteroatoms. The normalized spacial score (nSPS) is 17.5. The Kier molecular flexibility index (Phi) is 4.93. The second-order valence-electron chi connectivity index (χ2n) is 7.54. The van der Waals surface area contributed by atoms with Crippen molar-refractivity contribution in [3.8, 4) is 5.75 Å². The lowest BCUT2D eigenvalue weighted by Gasteiger charge is -2.26. The molecule has 2 amide bonds. The van der Waals surface area contributed by atoms with Gasteiger partial charge in [0.1, 0.15) is 5.75 Å². The standard InChI is InChI=1S/C21H23N3O5S/c1-12-17-11-16(9-14-5-4-8-24(20(14)17)21(12)26)30(27,28)23-18-10-15(22-13(2)25)6-7-19(18)29-3/h6-7,9-12,23H,4-5,8H2,1-3H3,(H,22,25). The minimum Gasteiger partial charge on any atom is -0.495 e. The monoisotopic (exact) mass is 429 g/mol. The fraction of sp³-hybridized carbons (Fsp3) is 0.333. The third kappa shape index (κ3) is 3.39. The van der Waals surface area contributed by atoms with E-state index in [0.29, 0.717) is 18.0 Å². The van der Waals surface area contributed by atoms with Gasteiger partial charge in [-0.05, 0) is 61.2 Å². The van der Waals surface area contributed by atoms with Crippen molar-refractivity contribution in [3.05, 3.63) is 41.5 Å². The van der Waals surface area contributed by atoms with Crippen LogP contribution in [0.1, 0.15) is 37.3 Å². The van der Waals surface area contributed by atoms with Crippen molar-refractivity contribution in [2.45, 2.75) is 37.5 Å². The molecule has 8 nitrogen and oxygen atoms in total. The smallest absolute Gasteiger partial charge is 0.262 e. The van der Waals surface area contributed by atoms with Crippen LogP contribution in [0.3, 0.4) is 0 Å². The van der Waals surface area contributed by atoms with Crippen LogP contribution in [0.4, 0.5) is 17.1 Å². The number of nitrogens with zero attached hydrogens (tertiary/aromatic N) is 1. The molecular formula is C21H23N3O5S. The summed E-state index contributed by atoms with van der Waals surface area (Å²) < 4.78 is 34.2. The van der Waals surface area contributed by atoms with Crippen LogP contribution in [0.25, 0.3) is 0 Å². The Balaban J connectivity index is 1.74. The fourth-order valence-electron chi connectivity index (χ4n) is 4.09. The molecule has 0 aliphatic carbocycles. The maximum absolute atomic E-state index is 13.2. The zero-order valence-electron chi connectivity index (χ0n) is 17.0. The van der Waals surface area contributed by atoms with Gasteiger partial charge in [0, 0.05) is 19.2 Å². The Labute approximate surface area is 175 Å². The Morgan fingerprint density at radius 3 is 2.70 bits per heavy atom. The van der Waals surface area contributed by atoms with E-state index in [1.165, 1.54) is 20.1 Å². The molecule has 1 atom stereocenters. The fourth-order valence-corrected chi connectivity index (χ4v) is 5.24. The topological polar surface area (TPSA) is 105 Å². The van der Waals surface area contributed by atoms with Gasteiger partial charge >= 0.3 is 0 Å². The van der Waals surface area contributed by atoms with Crippen molar-refractivity contribution in [2.75, 3.05) is 28.6 Å². The quantitative estimate of drug-likeness (QED) is 0.760. The highest BCUT2D eigenvalue weighted by Crippen LogP contribution is 2.44. The van der Waals surface area contributed by atoms with Crippen molar-refractivity contribution in [2.24, 2.45) is 0 Å². The van der Waals surface area contributed by atoms with Crippen molar-refractivity contribution in [1.82, 2.24) is 0 Å². The molecule has 2 aliphatic rings. The van der Waals surface area contributed by atoms with E-state index >= 15 is 0 Å². The first-order chi connectivity index (χ1) is 14.2. The van der Waals surface area contributed by atoms with Gasteiger partial charge in [-0.2, -0.15) is 0 Å². The van der Waals surface area contributed by atoms with Gasteiger partial charge in [0.2, 0.25) is 11.8 Å². The largest absolute Gasteiger partial charge is 0.495 e. The predicted molar refractivity (Wildman–Crippen MR) is 114 cm³/mol. The highest BCUT2D eigenvalue weighted by molar-refractivity contribution is 7.92. The van der Waals surface area contributed by atoms with Gasteiger partial charge in [-0.3, -0.25) is 14.3 Å². The number of sulfonamides is 1. The molecular weight excluding hydrogens is 406 g/mol. The third-order valence-corrected chi connectivity index (χ3v) is 6.81. The molecule has 0 saturated carbocycles. The van der Waals surface area contributed by atoms with Crippen molar-refractivity contribution in [3.63, 3.8) is 0 Å². The molecule has 0 saturated heterocycles. The van der Waals surface area contributed by atoms with E-state index in [0.717, 1.165) is 29.7 Å². The number of hydrogen-bond acceptors (Lipinski definition) is 5. The number of nitrogens with one attached hydrogen (secondary N) is 2. The summed E-state index contributed by atoms with van der Waals surface area (Å²) in [5.41, 5.74) is 3.14. The maximum atomic E-state index is 13.2. The van der Waals surface area contributed by atoms with Crippen LogP contribution in [0, 0.1) is 0 Å². The molecule has 0 bridgehead atoms. The Hall–Kier alpha value is -3.07. The summed E-state index contributed by atoms with van der Waals surface area (Å²) in [6.45, 7) is 3.84. The molecule has 0 spiro atoms. The molecule has 0 radical (unpaired) electrons. The molecule has 0 aromatic heterocycles. The highest BCUT2D eigenvalue weighted by Gasteiger charge is 2.38. The second kappa shape index (κ2) is 7.32. The SMILES string of the molecule is COc1ccc(NC(C)=O)cc1NS(=O)(=O)c1cc2c3c(c1)C(C)C(=O)N3CCC2. The number of methoxy groups -OCH3 is 1. The zero-order valence-corrected chi connectivity index (χ0v) is 17.8. The summed E-state index contributed by atoms with van der Waals surface area (Å²) in [6.07, 6.45) is 1.53. The van der Waals surface area contributed by atoms with Crippen molar-refractivity contribution >= 4 is 38.9 Å². The lowest BCUT2D eigenvalue weighted by atomic mass is 9.97. The summed E-state index contributed by atoms with van der Waals surface area (Å²) >= 11 is 0. The molecule has 0 fully saturated rings. The van der Waals surface area contributed by atoms with Crippen LogP contribution in [0.5, 0.6) is 5.75 Å². The van der Waals surface area contributed by atoms with Gasteiger partial charge in [-0.1, -0.05) is 0 Å². The summed E-state index contributed by atoms with van der Waals surface area (Å²) in [7, 11) is -2.52. The van der Waals surface area contributed by atoms with E-state index in [9.17, 15) is 18.0 Å². The first-order valence-electron chi connectivity index (χ1n) is 9.68. The molecule has 1 unspecified atom stereocenters. The molecule has 2 aromatic rings. The first-order valence-corrected chi connectivity index (χ1v) is 11.2. The van der Waals surface area contributed by atoms with E-state index in [1.807, 2.05) is 0 Å². The van der Waals surface area contributed by atoms with E-state index in [4.69, 9.17) is 4.74 Å². The number of hydrogen-bond donors (Lipinski definition) is 2. The van der Waals surface area contributed by atoms with Crippen LogP contribution >= 0.6 is 0 Å². The van der Waals surface area contributed by atoms with E-state index in [1.54, 1.807) is 36.1 Å². The van der Waals surface area contributed by atoms with Gasteiger partial charge < -0.3 is 15.0 Å². The summed E-state index contributed by atoms with van der Waals surface area (Å²) in [6, 6.07) is 7.93. The average Bonchev–Trinajstić information content (AvgIpc) is 2.94. The lowest BCUT2D eigenvalue weighted by Crippen LogP contribution is -2.32. The van der Waals surface area contributed by atoms with E-state index in [-0.39, 0.29) is 28.3 Å². The number of ether oxygens (including phenoxy) is 1. The molecule has 158 valence electrons. The third-order valence-electron chi connectivity index (χ3n) is 5.47. The molecule has 2 heterocycles. The molecule has 2 aliphatic heterocycles. The van der Waals surface area contributed by atoms with Crippen LogP contribution in [-0.2, 0) is 26.0 Å². The molecule has 2 aromatic carbocycles. The predicted octanol–water partition coefficient (Wildman–Crippen LogP) is 2.85. The van der Waals surface area contributed by atoms with Crippen LogP contribution in [0.15, 0.2) is 35.2 Å². The summed E-state index contributed by atoms with van der Waals surface area (Å²) in [5.74, 6) is -0.303. The highest BCUT2D eigenvalue weighted by atomic mass is 32.2. The van der Waals surface area contributed by atoms with Crippen molar-refractivity contribution < 1.29 is 22.7 Å². The van der Waals surface area contributed by atoms with Gasteiger partial charge in [-0.25, -0.2) is 8.42 Å². The maximum Gasteiger partial charge on any atom is 0.262 e.